The first kappa shape index (κ1) is 21.3. The minimum atomic E-state index is 0.0708. The van der Waals surface area contributed by atoms with Crippen LogP contribution >= 0.6 is 11.6 Å². The molecule has 2 rings (SSSR count). The van der Waals surface area contributed by atoms with E-state index in [1.807, 2.05) is 24.9 Å². The number of oxime groups is 1. The lowest BCUT2D eigenvalue weighted by Gasteiger charge is -2.24. The van der Waals surface area contributed by atoms with Gasteiger partial charge in [-0.2, -0.15) is 0 Å². The number of aryl methyl sites for hydroxylation is 1. The molecule has 0 bridgehead atoms. The summed E-state index contributed by atoms with van der Waals surface area (Å²) in [5.41, 5.74) is 4.51. The number of nitrogens with zero attached hydrogens (tertiary/aromatic N) is 4. The van der Waals surface area contributed by atoms with E-state index in [-0.39, 0.29) is 6.10 Å². The first-order valence-corrected chi connectivity index (χ1v) is 9.58. The number of rotatable bonds is 8. The molecule has 1 aliphatic carbocycles. The Balaban J connectivity index is 1.93. The number of aliphatic imine (C=N–C) groups is 1. The van der Waals surface area contributed by atoms with Crippen LogP contribution < -0.4 is 10.2 Å². The molecule has 1 saturated carbocycles. The van der Waals surface area contributed by atoms with Crippen molar-refractivity contribution in [2.24, 2.45) is 10.1 Å². The molecule has 0 spiro atoms. The van der Waals surface area contributed by atoms with Gasteiger partial charge in [0.2, 0.25) is 5.88 Å². The molecule has 1 aromatic heterocycles. The molecule has 144 valence electrons. The van der Waals surface area contributed by atoms with Crippen LogP contribution in [0.4, 0.5) is 5.69 Å². The summed E-state index contributed by atoms with van der Waals surface area (Å²) in [6.07, 6.45) is 6.92. The van der Waals surface area contributed by atoms with Crippen molar-refractivity contribution in [3.8, 4) is 5.88 Å². The van der Waals surface area contributed by atoms with Crippen LogP contribution in [0.3, 0.4) is 0 Å². The Morgan fingerprint density at radius 3 is 2.81 bits per heavy atom. The number of hydrogen-bond donors (Lipinski definition) is 0. The van der Waals surface area contributed by atoms with Gasteiger partial charge in [0, 0.05) is 19.1 Å². The topological polar surface area (TPSA) is 59.3 Å². The van der Waals surface area contributed by atoms with Crippen molar-refractivity contribution < 1.29 is 9.57 Å². The minimum Gasteiger partial charge on any atom is -0.475 e. The van der Waals surface area contributed by atoms with Crippen molar-refractivity contribution in [1.82, 2.24) is 9.88 Å². The molecule has 27 heavy (non-hydrogen) atoms. The normalized spacial score (nSPS) is 17.5. The number of hydrogen-bond acceptors (Lipinski definition) is 5. The van der Waals surface area contributed by atoms with Gasteiger partial charge >= 0.3 is 0 Å². The summed E-state index contributed by atoms with van der Waals surface area (Å²) in [6, 6.07) is 1.81. The number of ether oxygens (including phenoxy) is 1. The average Bonchev–Trinajstić information content (AvgIpc) is 2.67. The van der Waals surface area contributed by atoms with E-state index < -0.39 is 0 Å². The maximum absolute atomic E-state index is 6.13. The van der Waals surface area contributed by atoms with Gasteiger partial charge in [0.25, 0.3) is 0 Å². The molecule has 8 heteroatoms. The van der Waals surface area contributed by atoms with Crippen LogP contribution in [0.15, 0.2) is 27.8 Å². The highest BCUT2D eigenvalue weighted by atomic mass is 35.5. The van der Waals surface area contributed by atoms with Crippen molar-refractivity contribution >= 4 is 42.6 Å². The van der Waals surface area contributed by atoms with Crippen molar-refractivity contribution in [1.29, 1.82) is 0 Å². The van der Waals surface area contributed by atoms with E-state index in [0.29, 0.717) is 17.9 Å². The SMILES string of the molecule is [B]c1cc(N=CN(C)CC)c(C)nc1OC1CCC(=NOC/C=C/Cl)CC1. The van der Waals surface area contributed by atoms with Crippen LogP contribution in [-0.4, -0.2) is 56.1 Å². The van der Waals surface area contributed by atoms with Gasteiger partial charge in [-0.25, -0.2) is 9.98 Å². The highest BCUT2D eigenvalue weighted by molar-refractivity contribution is 6.34. The molecule has 6 nitrogen and oxygen atoms in total. The average molecular weight is 389 g/mol. The summed E-state index contributed by atoms with van der Waals surface area (Å²) in [6.45, 7) is 5.23. The molecule has 0 unspecified atom stereocenters. The van der Waals surface area contributed by atoms with Gasteiger partial charge in [0.1, 0.15) is 20.6 Å². The fourth-order valence-corrected chi connectivity index (χ4v) is 2.63. The van der Waals surface area contributed by atoms with Crippen LogP contribution in [0.1, 0.15) is 38.3 Å². The molecular weight excluding hydrogens is 363 g/mol. The predicted octanol–water partition coefficient (Wildman–Crippen LogP) is 3.24. The Morgan fingerprint density at radius 1 is 1.41 bits per heavy atom. The zero-order valence-electron chi connectivity index (χ0n) is 16.2. The van der Waals surface area contributed by atoms with Gasteiger partial charge in [-0.1, -0.05) is 16.8 Å². The second-order valence-corrected chi connectivity index (χ2v) is 6.69. The Morgan fingerprint density at radius 2 is 2.15 bits per heavy atom. The van der Waals surface area contributed by atoms with Crippen LogP contribution in [0, 0.1) is 6.92 Å². The fraction of sp³-hybridized carbons (Fsp3) is 0.526. The van der Waals surface area contributed by atoms with Gasteiger partial charge in [0.05, 0.1) is 23.4 Å². The quantitative estimate of drug-likeness (QED) is 0.225. The summed E-state index contributed by atoms with van der Waals surface area (Å²) >= 11 is 5.44. The smallest absolute Gasteiger partial charge is 0.206 e. The van der Waals surface area contributed by atoms with Crippen molar-refractivity contribution in [2.45, 2.75) is 45.6 Å². The fourth-order valence-electron chi connectivity index (χ4n) is 2.55. The first-order valence-electron chi connectivity index (χ1n) is 9.14. The van der Waals surface area contributed by atoms with Gasteiger partial charge in [-0.05, 0) is 57.1 Å². The van der Waals surface area contributed by atoms with E-state index in [1.165, 1.54) is 5.54 Å². The highest BCUT2D eigenvalue weighted by Gasteiger charge is 2.21. The molecule has 1 aliphatic rings. The largest absolute Gasteiger partial charge is 0.475 e. The van der Waals surface area contributed by atoms with E-state index in [9.17, 15) is 0 Å². The summed E-state index contributed by atoms with van der Waals surface area (Å²) in [5, 5.41) is 4.14. The monoisotopic (exact) mass is 388 g/mol. The summed E-state index contributed by atoms with van der Waals surface area (Å²) in [4.78, 5) is 16.1. The number of pyridine rings is 1. The lowest BCUT2D eigenvalue weighted by Crippen LogP contribution is -2.27. The minimum absolute atomic E-state index is 0.0708. The predicted molar refractivity (Wildman–Crippen MR) is 112 cm³/mol. The molecule has 2 radical (unpaired) electrons. The van der Waals surface area contributed by atoms with E-state index >= 15 is 0 Å². The van der Waals surface area contributed by atoms with E-state index in [4.69, 9.17) is 29.0 Å². The Kier molecular flexibility index (Phi) is 8.65. The second kappa shape index (κ2) is 11.0. The van der Waals surface area contributed by atoms with E-state index in [2.05, 4.69) is 22.1 Å². The highest BCUT2D eigenvalue weighted by Crippen LogP contribution is 2.23. The lowest BCUT2D eigenvalue weighted by atomic mass is 9.94. The zero-order chi connectivity index (χ0) is 19.6. The van der Waals surface area contributed by atoms with Gasteiger partial charge in [-0.15, -0.1) is 0 Å². The molecular formula is C19H26BClN4O2. The summed E-state index contributed by atoms with van der Waals surface area (Å²) < 4.78 is 6.04. The maximum Gasteiger partial charge on any atom is 0.206 e. The molecule has 0 amide bonds. The van der Waals surface area contributed by atoms with Gasteiger partial charge in [-0.3, -0.25) is 0 Å². The van der Waals surface area contributed by atoms with Crippen molar-refractivity contribution in [3.05, 3.63) is 23.4 Å². The van der Waals surface area contributed by atoms with Crippen LogP contribution in [0.25, 0.3) is 0 Å². The molecule has 0 saturated heterocycles. The van der Waals surface area contributed by atoms with Gasteiger partial charge < -0.3 is 14.5 Å². The molecule has 0 N–H and O–H groups in total. The summed E-state index contributed by atoms with van der Waals surface area (Å²) in [5.74, 6) is 0.476. The molecule has 0 aliphatic heterocycles. The lowest BCUT2D eigenvalue weighted by molar-refractivity contribution is 0.157. The number of halogens is 1. The summed E-state index contributed by atoms with van der Waals surface area (Å²) in [7, 11) is 8.10. The van der Waals surface area contributed by atoms with Gasteiger partial charge in [0.15, 0.2) is 0 Å². The third kappa shape index (κ3) is 6.90. The van der Waals surface area contributed by atoms with E-state index in [0.717, 1.165) is 49.3 Å². The van der Waals surface area contributed by atoms with E-state index in [1.54, 1.807) is 12.4 Å². The zero-order valence-corrected chi connectivity index (χ0v) is 16.9. The molecule has 1 heterocycles. The molecule has 0 aromatic carbocycles. The molecule has 1 aromatic rings. The number of aromatic nitrogens is 1. The Bertz CT molecular complexity index is 699. The van der Waals surface area contributed by atoms with Crippen LogP contribution in [0.2, 0.25) is 0 Å². The van der Waals surface area contributed by atoms with Crippen molar-refractivity contribution in [3.63, 3.8) is 0 Å². The first-order chi connectivity index (χ1) is 13.0. The third-order valence-electron chi connectivity index (χ3n) is 4.31. The second-order valence-electron chi connectivity index (χ2n) is 6.44. The maximum atomic E-state index is 6.13. The Hall–Kier alpha value is -2.02. The van der Waals surface area contributed by atoms with Crippen LogP contribution in [-0.2, 0) is 4.84 Å². The van der Waals surface area contributed by atoms with Crippen molar-refractivity contribution in [2.75, 3.05) is 20.2 Å². The third-order valence-corrected chi connectivity index (χ3v) is 4.49. The molecule has 0 atom stereocenters. The Labute approximate surface area is 167 Å². The standard InChI is InChI=1S/C19H26BClN4O2/c1-4-25(3)13-22-18-12-17(20)19(23-14(18)2)27-16-8-6-15(7-9-16)24-26-11-5-10-21/h5,10,12-13,16H,4,6-9,11H2,1-3H3/b10-5+,22-13?,24-15?. The van der Waals surface area contributed by atoms with Crippen LogP contribution in [0.5, 0.6) is 5.88 Å². The molecule has 1 fully saturated rings.